The molecule has 0 aliphatic carbocycles. The molecular formula is C21H22F2O4. The van der Waals surface area contributed by atoms with Crippen molar-refractivity contribution in [2.45, 2.75) is 52.2 Å². The van der Waals surface area contributed by atoms with Crippen LogP contribution in [0, 0.1) is 18.6 Å². The minimum absolute atomic E-state index is 0.0268. The fourth-order valence-electron chi connectivity index (χ4n) is 3.33. The lowest BCUT2D eigenvalue weighted by Gasteiger charge is -2.18. The number of carbonyl (C=O) groups is 1. The van der Waals surface area contributed by atoms with E-state index < -0.39 is 17.4 Å². The van der Waals surface area contributed by atoms with E-state index in [0.717, 1.165) is 11.1 Å². The van der Waals surface area contributed by atoms with Crippen molar-refractivity contribution in [2.24, 2.45) is 0 Å². The van der Waals surface area contributed by atoms with Crippen LogP contribution in [0.25, 0.3) is 0 Å². The Morgan fingerprint density at radius 2 is 1.96 bits per heavy atom. The van der Waals surface area contributed by atoms with E-state index in [4.69, 9.17) is 14.6 Å². The number of hydrogen-bond donors (Lipinski definition) is 1. The lowest BCUT2D eigenvalue weighted by Crippen LogP contribution is -2.25. The monoisotopic (exact) mass is 376 g/mol. The van der Waals surface area contributed by atoms with E-state index in [1.165, 1.54) is 24.3 Å². The number of ether oxygens (including phenoxy) is 2. The number of rotatable bonds is 6. The van der Waals surface area contributed by atoms with Crippen LogP contribution < -0.4 is 9.47 Å². The standard InChI is InChI=1S/C21H22F2O4/c1-12-6-18(17(23)9-13(12)4-5-19(24)25)26-11-15-8-16(22)7-14-10-21(2,3)27-20(14)15/h6-9H,4-5,10-11H2,1-3H3,(H,24,25). The maximum atomic E-state index is 14.4. The summed E-state index contributed by atoms with van der Waals surface area (Å²) in [5.74, 6) is -1.25. The molecule has 0 aromatic heterocycles. The predicted molar refractivity (Wildman–Crippen MR) is 96.2 cm³/mol. The molecule has 0 atom stereocenters. The zero-order chi connectivity index (χ0) is 19.8. The van der Waals surface area contributed by atoms with Crippen molar-refractivity contribution in [3.63, 3.8) is 0 Å². The largest absolute Gasteiger partial charge is 0.487 e. The second kappa shape index (κ2) is 7.18. The van der Waals surface area contributed by atoms with Crippen molar-refractivity contribution in [2.75, 3.05) is 0 Å². The zero-order valence-corrected chi connectivity index (χ0v) is 15.6. The maximum Gasteiger partial charge on any atom is 0.303 e. The summed E-state index contributed by atoms with van der Waals surface area (Å²) in [6.45, 7) is 5.60. The van der Waals surface area contributed by atoms with Crippen LogP contribution in [0.3, 0.4) is 0 Å². The molecule has 1 aliphatic rings. The van der Waals surface area contributed by atoms with Crippen molar-refractivity contribution in [1.82, 2.24) is 0 Å². The molecule has 0 radical (unpaired) electrons. The Morgan fingerprint density at radius 3 is 2.67 bits per heavy atom. The summed E-state index contributed by atoms with van der Waals surface area (Å²) in [5.41, 5.74) is 2.26. The number of halogens is 2. The van der Waals surface area contributed by atoms with Crippen molar-refractivity contribution in [3.8, 4) is 11.5 Å². The Hall–Kier alpha value is -2.63. The highest BCUT2D eigenvalue weighted by Crippen LogP contribution is 2.39. The molecule has 0 spiro atoms. The van der Waals surface area contributed by atoms with E-state index in [2.05, 4.69) is 0 Å². The summed E-state index contributed by atoms with van der Waals surface area (Å²) in [5, 5.41) is 8.78. The highest BCUT2D eigenvalue weighted by Gasteiger charge is 2.32. The Balaban J connectivity index is 1.78. The van der Waals surface area contributed by atoms with Gasteiger partial charge in [-0.25, -0.2) is 8.78 Å². The Labute approximate surface area is 156 Å². The first-order valence-corrected chi connectivity index (χ1v) is 8.78. The van der Waals surface area contributed by atoms with Gasteiger partial charge in [0.25, 0.3) is 0 Å². The summed E-state index contributed by atoms with van der Waals surface area (Å²) in [6, 6.07) is 5.63. The third kappa shape index (κ3) is 4.38. The summed E-state index contributed by atoms with van der Waals surface area (Å²) >= 11 is 0. The van der Waals surface area contributed by atoms with Gasteiger partial charge >= 0.3 is 5.97 Å². The number of aliphatic carboxylic acids is 1. The molecule has 6 heteroatoms. The number of aryl methyl sites for hydroxylation is 2. The molecule has 0 unspecified atom stereocenters. The third-order valence-electron chi connectivity index (χ3n) is 4.58. The lowest BCUT2D eigenvalue weighted by atomic mass is 10.0. The number of fused-ring (bicyclic) bond motifs is 1. The van der Waals surface area contributed by atoms with Crippen LogP contribution in [0.2, 0.25) is 0 Å². The minimum atomic E-state index is -0.932. The quantitative estimate of drug-likeness (QED) is 0.802. The van der Waals surface area contributed by atoms with Crippen LogP contribution >= 0.6 is 0 Å². The molecule has 4 nitrogen and oxygen atoms in total. The molecule has 2 aromatic rings. The molecule has 27 heavy (non-hydrogen) atoms. The van der Waals surface area contributed by atoms with Crippen molar-refractivity contribution < 1.29 is 28.2 Å². The van der Waals surface area contributed by atoms with Gasteiger partial charge in [-0.3, -0.25) is 4.79 Å². The van der Waals surface area contributed by atoms with Crippen LogP contribution in [0.15, 0.2) is 24.3 Å². The first kappa shape index (κ1) is 19.1. The number of hydrogen-bond acceptors (Lipinski definition) is 3. The van der Waals surface area contributed by atoms with Gasteiger partial charge in [0.2, 0.25) is 0 Å². The highest BCUT2D eigenvalue weighted by molar-refractivity contribution is 5.67. The smallest absolute Gasteiger partial charge is 0.303 e. The van der Waals surface area contributed by atoms with Gasteiger partial charge in [-0.05, 0) is 62.6 Å². The molecule has 144 valence electrons. The van der Waals surface area contributed by atoms with Gasteiger partial charge in [0.1, 0.15) is 23.8 Å². The van der Waals surface area contributed by atoms with Gasteiger partial charge in [-0.1, -0.05) is 0 Å². The van der Waals surface area contributed by atoms with Crippen LogP contribution in [0.4, 0.5) is 8.78 Å². The summed E-state index contributed by atoms with van der Waals surface area (Å²) in [6.07, 6.45) is 0.778. The van der Waals surface area contributed by atoms with Gasteiger partial charge in [-0.15, -0.1) is 0 Å². The third-order valence-corrected chi connectivity index (χ3v) is 4.58. The van der Waals surface area contributed by atoms with Crippen LogP contribution in [0.5, 0.6) is 11.5 Å². The summed E-state index contributed by atoms with van der Waals surface area (Å²) in [7, 11) is 0. The van der Waals surface area contributed by atoms with E-state index in [1.807, 2.05) is 13.8 Å². The van der Waals surface area contributed by atoms with Crippen molar-refractivity contribution in [1.29, 1.82) is 0 Å². The molecule has 1 aliphatic heterocycles. The van der Waals surface area contributed by atoms with Crippen molar-refractivity contribution >= 4 is 5.97 Å². The molecule has 0 bridgehead atoms. The minimum Gasteiger partial charge on any atom is -0.487 e. The lowest BCUT2D eigenvalue weighted by molar-refractivity contribution is -0.136. The molecule has 1 N–H and O–H groups in total. The van der Waals surface area contributed by atoms with Crippen LogP contribution in [-0.4, -0.2) is 16.7 Å². The Morgan fingerprint density at radius 1 is 1.22 bits per heavy atom. The number of carboxylic acid groups (broad SMARTS) is 1. The first-order valence-electron chi connectivity index (χ1n) is 8.78. The second-order valence-corrected chi connectivity index (χ2v) is 7.48. The SMILES string of the molecule is Cc1cc(OCc2cc(F)cc3c2OC(C)(C)C3)c(F)cc1CCC(=O)O. The molecule has 0 saturated carbocycles. The predicted octanol–water partition coefficient (Wildman–Crippen LogP) is 4.58. The fraction of sp³-hybridized carbons (Fsp3) is 0.381. The van der Waals surface area contributed by atoms with E-state index in [9.17, 15) is 13.6 Å². The maximum absolute atomic E-state index is 14.4. The molecule has 2 aromatic carbocycles. The average molecular weight is 376 g/mol. The van der Waals surface area contributed by atoms with Gasteiger partial charge in [0.15, 0.2) is 11.6 Å². The van der Waals surface area contributed by atoms with Crippen LogP contribution in [0.1, 0.15) is 42.5 Å². The van der Waals surface area contributed by atoms with Crippen LogP contribution in [-0.2, 0) is 24.2 Å². The fourth-order valence-corrected chi connectivity index (χ4v) is 3.33. The molecule has 1 heterocycles. The normalized spacial score (nSPS) is 14.6. The van der Waals surface area contributed by atoms with E-state index >= 15 is 0 Å². The number of benzene rings is 2. The molecule has 0 fully saturated rings. The summed E-state index contributed by atoms with van der Waals surface area (Å²) < 4.78 is 39.8. The highest BCUT2D eigenvalue weighted by atomic mass is 19.1. The topological polar surface area (TPSA) is 55.8 Å². The van der Waals surface area contributed by atoms with E-state index in [1.54, 1.807) is 6.92 Å². The summed E-state index contributed by atoms with van der Waals surface area (Å²) in [4.78, 5) is 10.7. The van der Waals surface area contributed by atoms with Crippen molar-refractivity contribution in [3.05, 3.63) is 58.2 Å². The van der Waals surface area contributed by atoms with E-state index in [0.29, 0.717) is 23.3 Å². The molecule has 3 rings (SSSR count). The average Bonchev–Trinajstić information content (AvgIpc) is 2.87. The molecule has 0 saturated heterocycles. The first-order chi connectivity index (χ1) is 12.6. The van der Waals surface area contributed by atoms with Gasteiger partial charge in [-0.2, -0.15) is 0 Å². The molecular weight excluding hydrogens is 354 g/mol. The van der Waals surface area contributed by atoms with Gasteiger partial charge < -0.3 is 14.6 Å². The van der Waals surface area contributed by atoms with Gasteiger partial charge in [0, 0.05) is 24.0 Å². The Kier molecular flexibility index (Phi) is 5.09. The number of carboxylic acids is 1. The second-order valence-electron chi connectivity index (χ2n) is 7.48. The zero-order valence-electron chi connectivity index (χ0n) is 15.6. The molecule has 0 amide bonds. The van der Waals surface area contributed by atoms with Gasteiger partial charge in [0.05, 0.1) is 0 Å². The van der Waals surface area contributed by atoms with E-state index in [-0.39, 0.29) is 31.0 Å². The Bertz CT molecular complexity index is 890.